The number of nitrogens with zero attached hydrogens (tertiary/aromatic N) is 2. The van der Waals surface area contributed by atoms with E-state index in [1.807, 2.05) is 0 Å². The first-order chi connectivity index (χ1) is 33.7. The van der Waals surface area contributed by atoms with Crippen molar-refractivity contribution >= 4 is 66.2 Å². The maximum Gasteiger partial charge on any atom is 0.0544 e. The molecule has 0 fully saturated rings. The van der Waals surface area contributed by atoms with Crippen LogP contribution in [-0.4, -0.2) is 4.57 Å². The molecule has 68 heavy (non-hydrogen) atoms. The van der Waals surface area contributed by atoms with Gasteiger partial charge in [-0.1, -0.05) is 188 Å². The Labute approximate surface area is 397 Å². The molecule has 0 saturated heterocycles. The monoisotopic (exact) mass is 868 g/mol. The molecule has 1 atom stereocenters. The van der Waals surface area contributed by atoms with Gasteiger partial charge in [-0.15, -0.1) is 0 Å². The van der Waals surface area contributed by atoms with Gasteiger partial charge in [0.15, 0.2) is 0 Å². The molecule has 2 aliphatic rings. The molecule has 11 aromatic rings. The lowest BCUT2D eigenvalue weighted by Crippen LogP contribution is -2.18. The summed E-state index contributed by atoms with van der Waals surface area (Å²) in [5.74, 6) is 0.183. The van der Waals surface area contributed by atoms with E-state index in [0.717, 1.165) is 24.9 Å². The summed E-state index contributed by atoms with van der Waals surface area (Å²) in [7, 11) is 0. The van der Waals surface area contributed by atoms with Crippen molar-refractivity contribution in [2.45, 2.75) is 25.2 Å². The Bertz CT molecular complexity index is 3800. The van der Waals surface area contributed by atoms with E-state index in [1.54, 1.807) is 0 Å². The number of hydrogen-bond donors (Lipinski definition) is 0. The molecule has 322 valence electrons. The zero-order chi connectivity index (χ0) is 45.0. The van der Waals surface area contributed by atoms with Gasteiger partial charge in [-0.25, -0.2) is 0 Å². The lowest BCUT2D eigenvalue weighted by atomic mass is 9.83. The SMILES string of the molecule is C1=Cc2c(c3cc4ccccc4cc3n2-c2ccccc2)C(c2cccc(N(C3=CC=C(c4cccc5ccccc45)CC3)c3ccc(-c4ccc(-c5cccc6ccccc56)cc4)cc3)c2)C1. The largest absolute Gasteiger partial charge is 0.314 e. The third kappa shape index (κ3) is 6.96. The summed E-state index contributed by atoms with van der Waals surface area (Å²) in [6.07, 6.45) is 12.3. The van der Waals surface area contributed by atoms with Crippen LogP contribution in [0.2, 0.25) is 0 Å². The molecule has 10 aromatic carbocycles. The number of anilines is 2. The Morgan fingerprint density at radius 1 is 0.426 bits per heavy atom. The second-order valence-corrected chi connectivity index (χ2v) is 18.3. The van der Waals surface area contributed by atoms with Gasteiger partial charge in [-0.05, 0) is 157 Å². The van der Waals surface area contributed by atoms with E-state index in [9.17, 15) is 0 Å². The molecule has 0 bridgehead atoms. The van der Waals surface area contributed by atoms with Crippen molar-refractivity contribution in [2.24, 2.45) is 0 Å². The van der Waals surface area contributed by atoms with Crippen LogP contribution in [0.4, 0.5) is 11.4 Å². The van der Waals surface area contributed by atoms with Crippen LogP contribution in [0.5, 0.6) is 0 Å². The number of hydrogen-bond acceptors (Lipinski definition) is 1. The zero-order valence-corrected chi connectivity index (χ0v) is 37.8. The van der Waals surface area contributed by atoms with Crippen molar-refractivity contribution in [1.82, 2.24) is 4.57 Å². The summed E-state index contributed by atoms with van der Waals surface area (Å²) in [5, 5.41) is 8.98. The molecule has 0 N–H and O–H groups in total. The molecule has 0 saturated carbocycles. The van der Waals surface area contributed by atoms with Gasteiger partial charge >= 0.3 is 0 Å². The van der Waals surface area contributed by atoms with Gasteiger partial charge in [0.25, 0.3) is 0 Å². The molecule has 2 aliphatic carbocycles. The van der Waals surface area contributed by atoms with E-state index in [2.05, 4.69) is 258 Å². The average Bonchev–Trinajstić information content (AvgIpc) is 3.74. The highest BCUT2D eigenvalue weighted by molar-refractivity contribution is 6.02. The molecular weight excluding hydrogens is 821 g/mol. The van der Waals surface area contributed by atoms with Crippen molar-refractivity contribution in [3.8, 4) is 27.9 Å². The van der Waals surface area contributed by atoms with E-state index in [-0.39, 0.29) is 5.92 Å². The Hall–Kier alpha value is -8.46. The minimum Gasteiger partial charge on any atom is -0.314 e. The fraction of sp³-hybridized carbons (Fsp3) is 0.0606. The van der Waals surface area contributed by atoms with Gasteiger partial charge in [0.2, 0.25) is 0 Å². The van der Waals surface area contributed by atoms with Gasteiger partial charge in [-0.2, -0.15) is 0 Å². The Balaban J connectivity index is 0.906. The molecule has 0 spiro atoms. The van der Waals surface area contributed by atoms with E-state index < -0.39 is 0 Å². The van der Waals surface area contributed by atoms with Gasteiger partial charge in [0.1, 0.15) is 0 Å². The van der Waals surface area contributed by atoms with E-state index in [4.69, 9.17) is 0 Å². The third-order valence-electron chi connectivity index (χ3n) is 14.4. The molecule has 1 unspecified atom stereocenters. The lowest BCUT2D eigenvalue weighted by molar-refractivity contribution is 0.818. The minimum atomic E-state index is 0.183. The highest BCUT2D eigenvalue weighted by atomic mass is 15.1. The Morgan fingerprint density at radius 3 is 1.75 bits per heavy atom. The molecule has 13 rings (SSSR count). The van der Waals surface area contributed by atoms with Crippen molar-refractivity contribution in [1.29, 1.82) is 0 Å². The van der Waals surface area contributed by atoms with Crippen LogP contribution in [0.1, 0.15) is 47.6 Å². The molecule has 2 heteroatoms. The molecule has 0 amide bonds. The van der Waals surface area contributed by atoms with Crippen LogP contribution in [0.15, 0.2) is 248 Å². The summed E-state index contributed by atoms with van der Waals surface area (Å²) in [6, 6.07) is 82.8. The third-order valence-corrected chi connectivity index (χ3v) is 14.4. The summed E-state index contributed by atoms with van der Waals surface area (Å²) in [4.78, 5) is 2.51. The quantitative estimate of drug-likeness (QED) is 0.148. The predicted molar refractivity (Wildman–Crippen MR) is 289 cm³/mol. The molecule has 0 radical (unpaired) electrons. The van der Waals surface area contributed by atoms with Gasteiger partial charge in [0, 0.05) is 34.1 Å². The standard InChI is InChI=1S/C66H48N2/c1-2-21-54(22-3-1)68-64-29-13-28-62(66(64)63-43-51-16-4-5-17-52(51)44-65(63)68)53-20-10-23-57(42-53)67(56-40-36-50(37-41-56)61-27-12-19-48-15-7-9-25-59(48)61)55-38-34-46(35-39-55)45-30-32-49(33-31-45)60-26-11-18-47-14-6-8-24-58(47)60/h1-27,29-36,38-40,42-44,62H,28,37,41H2. The molecule has 1 aromatic heterocycles. The number of allylic oxidation sites excluding steroid dienone is 5. The van der Waals surface area contributed by atoms with Crippen molar-refractivity contribution in [3.63, 3.8) is 0 Å². The van der Waals surface area contributed by atoms with E-state index in [1.165, 1.54) is 111 Å². The number of rotatable bonds is 8. The maximum atomic E-state index is 2.51. The number of fused-ring (bicyclic) bond motifs is 6. The summed E-state index contributed by atoms with van der Waals surface area (Å²) < 4.78 is 2.47. The zero-order valence-electron chi connectivity index (χ0n) is 37.8. The number of para-hydroxylation sites is 1. The smallest absolute Gasteiger partial charge is 0.0544 e. The van der Waals surface area contributed by atoms with E-state index in [0.29, 0.717) is 0 Å². The maximum absolute atomic E-state index is 2.51. The highest BCUT2D eigenvalue weighted by Crippen LogP contribution is 2.46. The van der Waals surface area contributed by atoms with E-state index >= 15 is 0 Å². The van der Waals surface area contributed by atoms with Crippen LogP contribution in [0.3, 0.4) is 0 Å². The number of aromatic nitrogens is 1. The first-order valence-corrected chi connectivity index (χ1v) is 24.0. The number of benzene rings is 10. The van der Waals surface area contributed by atoms with Crippen LogP contribution in [-0.2, 0) is 0 Å². The fourth-order valence-electron chi connectivity index (χ4n) is 11.2. The Morgan fingerprint density at radius 2 is 1.03 bits per heavy atom. The lowest BCUT2D eigenvalue weighted by Gasteiger charge is -2.31. The summed E-state index contributed by atoms with van der Waals surface area (Å²) in [5.41, 5.74) is 17.6. The molecule has 1 heterocycles. The summed E-state index contributed by atoms with van der Waals surface area (Å²) >= 11 is 0. The van der Waals surface area contributed by atoms with Crippen LogP contribution >= 0.6 is 0 Å². The minimum absolute atomic E-state index is 0.183. The van der Waals surface area contributed by atoms with Gasteiger partial charge in [0.05, 0.1) is 11.2 Å². The second-order valence-electron chi connectivity index (χ2n) is 18.3. The van der Waals surface area contributed by atoms with Gasteiger partial charge < -0.3 is 9.47 Å². The second kappa shape index (κ2) is 16.8. The van der Waals surface area contributed by atoms with Crippen molar-refractivity contribution < 1.29 is 0 Å². The van der Waals surface area contributed by atoms with Crippen LogP contribution < -0.4 is 4.90 Å². The first kappa shape index (κ1) is 39.9. The molecule has 2 nitrogen and oxygen atoms in total. The van der Waals surface area contributed by atoms with Crippen LogP contribution in [0.25, 0.3) is 82.8 Å². The van der Waals surface area contributed by atoms with Crippen molar-refractivity contribution in [2.75, 3.05) is 4.90 Å². The van der Waals surface area contributed by atoms with Crippen LogP contribution in [0, 0.1) is 0 Å². The normalized spacial score (nSPS) is 14.6. The topological polar surface area (TPSA) is 8.17 Å². The summed E-state index contributed by atoms with van der Waals surface area (Å²) in [6.45, 7) is 0. The fourth-order valence-corrected chi connectivity index (χ4v) is 11.2. The molecular formula is C66H48N2. The highest BCUT2D eigenvalue weighted by Gasteiger charge is 2.28. The van der Waals surface area contributed by atoms with Gasteiger partial charge in [-0.3, -0.25) is 0 Å². The van der Waals surface area contributed by atoms with Crippen molar-refractivity contribution in [3.05, 3.63) is 271 Å². The first-order valence-electron chi connectivity index (χ1n) is 24.0. The molecule has 0 aliphatic heterocycles. The predicted octanol–water partition coefficient (Wildman–Crippen LogP) is 17.9. The average molecular weight is 869 g/mol. The Kier molecular flexibility index (Phi) is 9.83.